The summed E-state index contributed by atoms with van der Waals surface area (Å²) in [5, 5.41) is 8.78. The van der Waals surface area contributed by atoms with E-state index in [4.69, 9.17) is 5.21 Å². The van der Waals surface area contributed by atoms with Gasteiger partial charge in [0.2, 0.25) is 0 Å². The number of carbonyl (C=O) groups excluding carboxylic acids is 1. The van der Waals surface area contributed by atoms with Crippen LogP contribution in [-0.2, 0) is 13.0 Å². The van der Waals surface area contributed by atoms with Crippen molar-refractivity contribution in [1.29, 1.82) is 0 Å². The predicted octanol–water partition coefficient (Wildman–Crippen LogP) is 3.27. The summed E-state index contributed by atoms with van der Waals surface area (Å²) in [6, 6.07) is 3.84. The second kappa shape index (κ2) is 5.87. The molecule has 0 spiro atoms. The van der Waals surface area contributed by atoms with Crippen LogP contribution in [0, 0.1) is 11.2 Å². The van der Waals surface area contributed by atoms with Crippen molar-refractivity contribution in [2.75, 3.05) is 0 Å². The van der Waals surface area contributed by atoms with Gasteiger partial charge in [-0.15, -0.1) is 0 Å². The molecule has 1 atom stereocenters. The van der Waals surface area contributed by atoms with Gasteiger partial charge in [-0.25, -0.2) is 9.87 Å². The van der Waals surface area contributed by atoms with Crippen molar-refractivity contribution in [3.05, 3.63) is 34.6 Å². The highest BCUT2D eigenvalue weighted by Crippen LogP contribution is 2.45. The molecule has 2 N–H and O–H groups in total. The van der Waals surface area contributed by atoms with Crippen LogP contribution in [0.25, 0.3) is 0 Å². The number of nitrogens with zero attached hydrogens (tertiary/aromatic N) is 1. The molecule has 0 unspecified atom stereocenters. The number of rotatable bonds is 3. The highest BCUT2D eigenvalue weighted by molar-refractivity contribution is 5.93. The van der Waals surface area contributed by atoms with Gasteiger partial charge in [-0.2, -0.15) is 0 Å². The minimum Gasteiger partial charge on any atom is -0.293 e. The first-order chi connectivity index (χ1) is 10.8. The minimum absolute atomic E-state index is 0.174. The van der Waals surface area contributed by atoms with Gasteiger partial charge in [0.1, 0.15) is 5.82 Å². The molecule has 1 saturated carbocycles. The zero-order chi connectivity index (χ0) is 16.8. The van der Waals surface area contributed by atoms with Crippen molar-refractivity contribution in [3.63, 3.8) is 0 Å². The zero-order valence-electron chi connectivity index (χ0n) is 14.0. The topological polar surface area (TPSA) is 52.6 Å². The van der Waals surface area contributed by atoms with Crippen LogP contribution in [0.5, 0.6) is 0 Å². The number of nitrogens with one attached hydrogen (secondary N) is 1. The molecule has 5 heteroatoms. The summed E-state index contributed by atoms with van der Waals surface area (Å²) in [5.74, 6) is -1.01. The van der Waals surface area contributed by atoms with Crippen LogP contribution in [0.15, 0.2) is 12.1 Å². The van der Waals surface area contributed by atoms with Gasteiger partial charge in [0.15, 0.2) is 0 Å². The fraction of sp³-hybridized carbons (Fsp3) is 0.611. The van der Waals surface area contributed by atoms with Crippen LogP contribution in [0.4, 0.5) is 4.39 Å². The van der Waals surface area contributed by atoms with Gasteiger partial charge in [-0.05, 0) is 54.4 Å². The number of benzene rings is 1. The molecule has 23 heavy (non-hydrogen) atoms. The Balaban J connectivity index is 1.89. The Labute approximate surface area is 136 Å². The fourth-order valence-corrected chi connectivity index (χ4v) is 4.19. The summed E-state index contributed by atoms with van der Waals surface area (Å²) in [7, 11) is 0. The maximum absolute atomic E-state index is 14.4. The van der Waals surface area contributed by atoms with Gasteiger partial charge >= 0.3 is 0 Å². The van der Waals surface area contributed by atoms with Crippen molar-refractivity contribution in [1.82, 2.24) is 10.4 Å². The molecule has 0 saturated heterocycles. The SMILES string of the molecule is CC[C@H]1Cc2c(F)cc(C(=O)NO)cc2CN1C1CC(C)(C)C1. The van der Waals surface area contributed by atoms with Crippen LogP contribution < -0.4 is 5.48 Å². The summed E-state index contributed by atoms with van der Waals surface area (Å²) in [6.45, 7) is 7.40. The number of hydroxylamine groups is 1. The summed E-state index contributed by atoms with van der Waals surface area (Å²) < 4.78 is 14.4. The molecule has 1 aliphatic heterocycles. The van der Waals surface area contributed by atoms with E-state index < -0.39 is 5.91 Å². The van der Waals surface area contributed by atoms with Crippen molar-refractivity contribution in [3.8, 4) is 0 Å². The van der Waals surface area contributed by atoms with E-state index in [1.165, 1.54) is 6.07 Å². The largest absolute Gasteiger partial charge is 0.293 e. The Morgan fingerprint density at radius 3 is 2.70 bits per heavy atom. The molecule has 1 heterocycles. The van der Waals surface area contributed by atoms with Gasteiger partial charge in [0.25, 0.3) is 5.91 Å². The standard InChI is InChI=1S/C18H25FN2O2/c1-4-13-7-15-12(5-11(6-16(15)19)17(22)20-23)10-21(13)14-8-18(2,3)9-14/h5-6,13-14,23H,4,7-10H2,1-3H3,(H,20,22)/t13-/m0/s1. The smallest absolute Gasteiger partial charge is 0.274 e. The average molecular weight is 320 g/mol. The molecular formula is C18H25FN2O2. The van der Waals surface area contributed by atoms with Gasteiger partial charge in [0, 0.05) is 24.2 Å². The minimum atomic E-state index is -0.666. The number of amides is 1. The summed E-state index contributed by atoms with van der Waals surface area (Å²) >= 11 is 0. The lowest BCUT2D eigenvalue weighted by atomic mass is 9.67. The van der Waals surface area contributed by atoms with Gasteiger partial charge < -0.3 is 0 Å². The lowest BCUT2D eigenvalue weighted by molar-refractivity contribution is -0.0128. The van der Waals surface area contributed by atoms with E-state index in [1.807, 2.05) is 0 Å². The van der Waals surface area contributed by atoms with Crippen molar-refractivity contribution < 1.29 is 14.4 Å². The molecule has 0 radical (unpaired) electrons. The second-order valence-electron chi connectivity index (χ2n) is 7.70. The molecule has 2 aliphatic rings. The molecule has 1 aliphatic carbocycles. The highest BCUT2D eigenvalue weighted by Gasteiger charge is 2.43. The van der Waals surface area contributed by atoms with Gasteiger partial charge in [-0.1, -0.05) is 20.8 Å². The first-order valence-electron chi connectivity index (χ1n) is 8.36. The molecule has 1 amide bonds. The second-order valence-corrected chi connectivity index (χ2v) is 7.70. The molecule has 1 aromatic rings. The van der Waals surface area contributed by atoms with Crippen LogP contribution in [0.2, 0.25) is 0 Å². The van der Waals surface area contributed by atoms with Crippen LogP contribution in [0.3, 0.4) is 0 Å². The third-order valence-corrected chi connectivity index (χ3v) is 5.43. The Bertz CT molecular complexity index is 622. The first-order valence-corrected chi connectivity index (χ1v) is 8.36. The predicted molar refractivity (Wildman–Crippen MR) is 85.8 cm³/mol. The molecule has 0 aromatic heterocycles. The van der Waals surface area contributed by atoms with E-state index in [1.54, 1.807) is 11.5 Å². The molecule has 3 rings (SSSR count). The Kier molecular flexibility index (Phi) is 4.19. The van der Waals surface area contributed by atoms with Crippen LogP contribution in [-0.4, -0.2) is 28.1 Å². The number of halogens is 1. The summed E-state index contributed by atoms with van der Waals surface area (Å²) in [4.78, 5) is 14.1. The maximum Gasteiger partial charge on any atom is 0.274 e. The lowest BCUT2D eigenvalue weighted by Gasteiger charge is -2.52. The normalized spacial score (nSPS) is 24.0. The Morgan fingerprint density at radius 1 is 1.43 bits per heavy atom. The molecule has 0 bridgehead atoms. The van der Waals surface area contributed by atoms with E-state index >= 15 is 0 Å². The van der Waals surface area contributed by atoms with E-state index in [0.29, 0.717) is 30.5 Å². The van der Waals surface area contributed by atoms with Gasteiger partial charge in [-0.3, -0.25) is 14.9 Å². The molecule has 4 nitrogen and oxygen atoms in total. The van der Waals surface area contributed by atoms with Crippen LogP contribution in [0.1, 0.15) is 61.5 Å². The zero-order valence-corrected chi connectivity index (χ0v) is 14.0. The number of hydrogen-bond donors (Lipinski definition) is 2. The van der Waals surface area contributed by atoms with Crippen molar-refractivity contribution in [2.45, 2.75) is 65.1 Å². The number of fused-ring (bicyclic) bond motifs is 1. The first kappa shape index (κ1) is 16.4. The van der Waals surface area contributed by atoms with Crippen molar-refractivity contribution in [2.24, 2.45) is 5.41 Å². The highest BCUT2D eigenvalue weighted by atomic mass is 19.1. The van der Waals surface area contributed by atoms with E-state index in [9.17, 15) is 9.18 Å². The molecular weight excluding hydrogens is 295 g/mol. The van der Waals surface area contributed by atoms with E-state index in [0.717, 1.165) is 30.4 Å². The molecule has 1 fully saturated rings. The van der Waals surface area contributed by atoms with E-state index in [-0.39, 0.29) is 11.4 Å². The fourth-order valence-electron chi connectivity index (χ4n) is 4.19. The molecule has 1 aromatic carbocycles. The maximum atomic E-state index is 14.4. The molecule has 126 valence electrons. The third kappa shape index (κ3) is 3.00. The number of hydrogen-bond acceptors (Lipinski definition) is 3. The van der Waals surface area contributed by atoms with Gasteiger partial charge in [0.05, 0.1) is 0 Å². The third-order valence-electron chi connectivity index (χ3n) is 5.43. The van der Waals surface area contributed by atoms with Crippen molar-refractivity contribution >= 4 is 5.91 Å². The Hall–Kier alpha value is -1.46. The summed E-state index contributed by atoms with van der Waals surface area (Å²) in [6.07, 6.45) is 4.01. The summed E-state index contributed by atoms with van der Waals surface area (Å²) in [5.41, 5.74) is 3.75. The quantitative estimate of drug-likeness (QED) is 0.664. The average Bonchev–Trinajstić information content (AvgIpc) is 2.50. The number of carbonyl (C=O) groups is 1. The van der Waals surface area contributed by atoms with E-state index in [2.05, 4.69) is 25.7 Å². The van der Waals surface area contributed by atoms with Crippen LogP contribution >= 0.6 is 0 Å². The monoisotopic (exact) mass is 320 g/mol. The lowest BCUT2D eigenvalue weighted by Crippen LogP contribution is -2.54. The Morgan fingerprint density at radius 2 is 2.13 bits per heavy atom.